The molecule has 9 heteroatoms. The number of halogens is 1. The fraction of sp³-hybridized carbons (Fsp3) is 0.214. The van der Waals surface area contributed by atoms with Crippen molar-refractivity contribution in [2.45, 2.75) is 0 Å². The number of nitrogens with zero attached hydrogens (tertiary/aromatic N) is 5. The van der Waals surface area contributed by atoms with E-state index in [2.05, 4.69) is 49.1 Å². The van der Waals surface area contributed by atoms with Crippen LogP contribution in [0.1, 0.15) is 0 Å². The van der Waals surface area contributed by atoms with Crippen molar-refractivity contribution < 1.29 is 9.18 Å². The van der Waals surface area contributed by atoms with E-state index in [0.717, 1.165) is 59.6 Å². The first-order valence-electron chi connectivity index (χ1n) is 12.2. The Labute approximate surface area is 214 Å². The van der Waals surface area contributed by atoms with Crippen molar-refractivity contribution in [2.24, 2.45) is 0 Å². The van der Waals surface area contributed by atoms with Gasteiger partial charge in [0.2, 0.25) is 11.9 Å². The third kappa shape index (κ3) is 5.73. The fourth-order valence-corrected chi connectivity index (χ4v) is 4.43. The molecule has 0 saturated carbocycles. The minimum atomic E-state index is -0.296. The molecule has 1 aliphatic heterocycles. The van der Waals surface area contributed by atoms with Gasteiger partial charge in [0, 0.05) is 73.0 Å². The molecular weight excluding hydrogens is 469 g/mol. The minimum absolute atomic E-state index is 0.296. The number of hydrogen-bond acceptors (Lipinski definition) is 7. The van der Waals surface area contributed by atoms with E-state index < -0.39 is 0 Å². The molecule has 2 aromatic heterocycles. The highest BCUT2D eigenvalue weighted by Gasteiger charge is 2.17. The summed E-state index contributed by atoms with van der Waals surface area (Å²) in [5, 5.41) is 6.94. The number of alkyl halides is 1. The maximum atomic E-state index is 12.6. The number of hydrogen-bond donors (Lipinski definition) is 2. The predicted molar refractivity (Wildman–Crippen MR) is 146 cm³/mol. The Kier molecular flexibility index (Phi) is 7.32. The van der Waals surface area contributed by atoms with Gasteiger partial charge in [-0.2, -0.15) is 0 Å². The van der Waals surface area contributed by atoms with E-state index in [-0.39, 0.29) is 12.6 Å². The number of pyridine rings is 1. The molecule has 1 aliphatic rings. The van der Waals surface area contributed by atoms with Gasteiger partial charge in [-0.15, -0.1) is 0 Å². The highest BCUT2D eigenvalue weighted by molar-refractivity contribution is 6.00. The van der Waals surface area contributed by atoms with Gasteiger partial charge in [0.25, 0.3) is 0 Å². The predicted octanol–water partition coefficient (Wildman–Crippen LogP) is 4.65. The summed E-state index contributed by atoms with van der Waals surface area (Å²) in [4.78, 5) is 29.7. The van der Waals surface area contributed by atoms with Gasteiger partial charge in [0.1, 0.15) is 6.67 Å². The average Bonchev–Trinajstić information content (AvgIpc) is 2.94. The lowest BCUT2D eigenvalue weighted by Gasteiger charge is -2.35. The SMILES string of the molecule is C=CC(=O)Nc1cncc(-c2cccc3cnc(Nc4ccc(N5CCN(CCF)CC5)cc4)nc23)c1. The van der Waals surface area contributed by atoms with Crippen molar-refractivity contribution in [1.82, 2.24) is 19.9 Å². The molecule has 0 spiro atoms. The topological polar surface area (TPSA) is 86.3 Å². The first-order valence-corrected chi connectivity index (χ1v) is 12.2. The van der Waals surface area contributed by atoms with E-state index in [4.69, 9.17) is 4.98 Å². The zero-order valence-electron chi connectivity index (χ0n) is 20.4. The van der Waals surface area contributed by atoms with E-state index in [0.29, 0.717) is 18.2 Å². The lowest BCUT2D eigenvalue weighted by molar-refractivity contribution is -0.111. The van der Waals surface area contributed by atoms with Crippen LogP contribution < -0.4 is 15.5 Å². The molecule has 8 nitrogen and oxygen atoms in total. The summed E-state index contributed by atoms with van der Waals surface area (Å²) in [6.07, 6.45) is 6.34. The Morgan fingerprint density at radius 3 is 2.59 bits per heavy atom. The number of anilines is 4. The van der Waals surface area contributed by atoms with Crippen molar-refractivity contribution >= 4 is 39.8 Å². The molecule has 0 unspecified atom stereocenters. The molecule has 3 heterocycles. The molecule has 1 fully saturated rings. The molecule has 1 amide bonds. The molecule has 5 rings (SSSR count). The standard InChI is InChI=1S/C28H28FN7O/c1-2-26(37)32-23-16-21(17-30-19-23)25-5-3-4-20-18-31-28(34-27(20)25)33-22-6-8-24(9-7-22)36-14-12-35(11-10-29)13-15-36/h2-9,16-19H,1,10-15H2,(H,32,37)(H,31,33,34). The summed E-state index contributed by atoms with van der Waals surface area (Å²) in [5.41, 5.74) is 5.09. The molecule has 2 N–H and O–H groups in total. The van der Waals surface area contributed by atoms with Gasteiger partial charge in [-0.05, 0) is 36.4 Å². The number of carbonyl (C=O) groups is 1. The van der Waals surface area contributed by atoms with Gasteiger partial charge < -0.3 is 15.5 Å². The Morgan fingerprint density at radius 1 is 1.03 bits per heavy atom. The molecule has 2 aromatic carbocycles. The summed E-state index contributed by atoms with van der Waals surface area (Å²) < 4.78 is 12.6. The maximum absolute atomic E-state index is 12.6. The number of fused-ring (bicyclic) bond motifs is 1. The third-order valence-corrected chi connectivity index (χ3v) is 6.37. The van der Waals surface area contributed by atoms with Gasteiger partial charge in [-0.25, -0.2) is 14.4 Å². The van der Waals surface area contributed by atoms with Crippen molar-refractivity contribution in [2.75, 3.05) is 54.9 Å². The second kappa shape index (κ2) is 11.1. The lowest BCUT2D eigenvalue weighted by atomic mass is 10.0. The van der Waals surface area contributed by atoms with Crippen LogP contribution in [0.5, 0.6) is 0 Å². The molecule has 0 radical (unpaired) electrons. The fourth-order valence-electron chi connectivity index (χ4n) is 4.43. The smallest absolute Gasteiger partial charge is 0.247 e. The molecular formula is C28H28FN7O. The van der Waals surface area contributed by atoms with E-state index in [1.54, 1.807) is 18.6 Å². The maximum Gasteiger partial charge on any atom is 0.247 e. The third-order valence-electron chi connectivity index (χ3n) is 6.37. The van der Waals surface area contributed by atoms with Crippen LogP contribution >= 0.6 is 0 Å². The van der Waals surface area contributed by atoms with Crippen LogP contribution in [0.2, 0.25) is 0 Å². The summed E-state index contributed by atoms with van der Waals surface area (Å²) in [6, 6.07) is 15.9. The van der Waals surface area contributed by atoms with Crippen LogP contribution in [0.25, 0.3) is 22.0 Å². The lowest BCUT2D eigenvalue weighted by Crippen LogP contribution is -2.47. The Hall–Kier alpha value is -4.37. The van der Waals surface area contributed by atoms with Crippen molar-refractivity contribution in [3.63, 3.8) is 0 Å². The quantitative estimate of drug-likeness (QED) is 0.343. The summed E-state index contributed by atoms with van der Waals surface area (Å²) in [6.45, 7) is 7.22. The zero-order valence-corrected chi connectivity index (χ0v) is 20.4. The van der Waals surface area contributed by atoms with Gasteiger partial charge in [-0.1, -0.05) is 24.8 Å². The number of aromatic nitrogens is 3. The van der Waals surface area contributed by atoms with Gasteiger partial charge in [-0.3, -0.25) is 14.7 Å². The number of amides is 1. The highest BCUT2D eigenvalue weighted by atomic mass is 19.1. The van der Waals surface area contributed by atoms with Crippen LogP contribution in [0.4, 0.5) is 27.4 Å². The van der Waals surface area contributed by atoms with Crippen LogP contribution in [-0.2, 0) is 4.79 Å². The van der Waals surface area contributed by atoms with E-state index >= 15 is 0 Å². The number of nitrogens with one attached hydrogen (secondary N) is 2. The second-order valence-electron chi connectivity index (χ2n) is 8.78. The Balaban J connectivity index is 1.34. The van der Waals surface area contributed by atoms with Crippen molar-refractivity contribution in [3.05, 3.63) is 79.8 Å². The molecule has 1 saturated heterocycles. The normalized spacial score (nSPS) is 13.9. The molecule has 0 bridgehead atoms. The van der Waals surface area contributed by atoms with E-state index in [1.165, 1.54) is 6.08 Å². The van der Waals surface area contributed by atoms with Crippen molar-refractivity contribution in [3.8, 4) is 11.1 Å². The number of rotatable bonds is 8. The highest BCUT2D eigenvalue weighted by Crippen LogP contribution is 2.29. The van der Waals surface area contributed by atoms with Crippen LogP contribution in [0.3, 0.4) is 0 Å². The first kappa shape index (κ1) is 24.3. The van der Waals surface area contributed by atoms with Gasteiger partial charge in [0.15, 0.2) is 0 Å². The molecule has 0 atom stereocenters. The van der Waals surface area contributed by atoms with E-state index in [9.17, 15) is 9.18 Å². The number of benzene rings is 2. The van der Waals surface area contributed by atoms with Gasteiger partial charge >= 0.3 is 0 Å². The van der Waals surface area contributed by atoms with Gasteiger partial charge in [0.05, 0.1) is 17.4 Å². The Bertz CT molecular complexity index is 1400. The molecule has 4 aromatic rings. The number of carbonyl (C=O) groups excluding carboxylic acids is 1. The minimum Gasteiger partial charge on any atom is -0.369 e. The second-order valence-corrected chi connectivity index (χ2v) is 8.78. The number of piperazine rings is 1. The van der Waals surface area contributed by atoms with Crippen LogP contribution in [0.15, 0.2) is 79.8 Å². The zero-order chi connectivity index (χ0) is 25.6. The molecule has 0 aliphatic carbocycles. The monoisotopic (exact) mass is 497 g/mol. The molecule has 188 valence electrons. The average molecular weight is 498 g/mol. The number of para-hydroxylation sites is 1. The molecule has 37 heavy (non-hydrogen) atoms. The summed E-state index contributed by atoms with van der Waals surface area (Å²) in [5.74, 6) is 0.187. The van der Waals surface area contributed by atoms with E-state index in [1.807, 2.05) is 36.4 Å². The largest absolute Gasteiger partial charge is 0.369 e. The van der Waals surface area contributed by atoms with Crippen molar-refractivity contribution in [1.29, 1.82) is 0 Å². The van der Waals surface area contributed by atoms with Crippen LogP contribution in [-0.4, -0.2) is 65.2 Å². The summed E-state index contributed by atoms with van der Waals surface area (Å²) >= 11 is 0. The van der Waals surface area contributed by atoms with Crippen LogP contribution in [0, 0.1) is 0 Å². The first-order chi connectivity index (χ1) is 18.1. The Morgan fingerprint density at radius 2 is 1.84 bits per heavy atom. The summed E-state index contributed by atoms with van der Waals surface area (Å²) in [7, 11) is 0.